The Balaban J connectivity index is 1.96. The van der Waals surface area contributed by atoms with Crippen molar-refractivity contribution in [3.8, 4) is 0 Å². The first-order valence-corrected chi connectivity index (χ1v) is 10.7. The number of carbonyl (C=O) groups is 1. The third kappa shape index (κ3) is 6.22. The van der Waals surface area contributed by atoms with Gasteiger partial charge < -0.3 is 5.32 Å². The van der Waals surface area contributed by atoms with E-state index in [0.29, 0.717) is 30.1 Å². The summed E-state index contributed by atoms with van der Waals surface area (Å²) in [4.78, 5) is 12.4. The van der Waals surface area contributed by atoms with E-state index < -0.39 is 22.0 Å². The molecular weight excluding hydrogens is 391 g/mol. The van der Waals surface area contributed by atoms with Crippen molar-refractivity contribution < 1.29 is 17.6 Å². The van der Waals surface area contributed by atoms with E-state index in [2.05, 4.69) is 5.32 Å². The first kappa shape index (κ1) is 21.2. The van der Waals surface area contributed by atoms with Crippen LogP contribution in [0, 0.1) is 5.82 Å². The lowest BCUT2D eigenvalue weighted by Crippen LogP contribution is -2.48. The number of amides is 1. The first-order chi connectivity index (χ1) is 12.7. The van der Waals surface area contributed by atoms with Gasteiger partial charge in [0, 0.05) is 11.6 Å². The molecule has 8 heteroatoms. The van der Waals surface area contributed by atoms with Crippen molar-refractivity contribution >= 4 is 33.2 Å². The number of sulfonamides is 1. The second-order valence-electron chi connectivity index (χ2n) is 6.23. The summed E-state index contributed by atoms with van der Waals surface area (Å²) in [6.45, 7) is 1.92. The molecule has 2 rings (SSSR count). The summed E-state index contributed by atoms with van der Waals surface area (Å²) in [5.41, 5.74) is 1.34. The van der Waals surface area contributed by atoms with Crippen LogP contribution < -0.4 is 9.62 Å². The van der Waals surface area contributed by atoms with Crippen molar-refractivity contribution in [1.29, 1.82) is 0 Å². The molecule has 2 aromatic carbocycles. The number of hydrogen-bond acceptors (Lipinski definition) is 3. The molecule has 0 aromatic heterocycles. The molecule has 0 bridgehead atoms. The van der Waals surface area contributed by atoms with Crippen molar-refractivity contribution in [2.75, 3.05) is 17.1 Å². The molecule has 0 aliphatic carbocycles. The fourth-order valence-electron chi connectivity index (χ4n) is 2.70. The number of carbonyl (C=O) groups excluding carboxylic acids is 1. The Hall–Kier alpha value is -2.12. The van der Waals surface area contributed by atoms with Gasteiger partial charge in [0.1, 0.15) is 11.9 Å². The van der Waals surface area contributed by atoms with E-state index in [0.717, 1.165) is 16.1 Å². The van der Waals surface area contributed by atoms with E-state index >= 15 is 0 Å². The van der Waals surface area contributed by atoms with Gasteiger partial charge in [-0.05, 0) is 61.7 Å². The lowest BCUT2D eigenvalue weighted by atomic mass is 10.1. The topological polar surface area (TPSA) is 66.5 Å². The summed E-state index contributed by atoms with van der Waals surface area (Å²) >= 11 is 5.85. The molecule has 0 fully saturated rings. The van der Waals surface area contributed by atoms with Crippen LogP contribution in [-0.2, 0) is 21.2 Å². The normalized spacial score (nSPS) is 12.4. The van der Waals surface area contributed by atoms with Gasteiger partial charge in [0.2, 0.25) is 15.9 Å². The largest absolute Gasteiger partial charge is 0.354 e. The van der Waals surface area contributed by atoms with Crippen molar-refractivity contribution in [3.05, 3.63) is 64.9 Å². The van der Waals surface area contributed by atoms with Gasteiger partial charge in [-0.1, -0.05) is 23.7 Å². The molecule has 27 heavy (non-hydrogen) atoms. The first-order valence-electron chi connectivity index (χ1n) is 8.45. The highest BCUT2D eigenvalue weighted by molar-refractivity contribution is 7.92. The van der Waals surface area contributed by atoms with Crippen molar-refractivity contribution in [1.82, 2.24) is 5.32 Å². The van der Waals surface area contributed by atoms with E-state index in [1.807, 2.05) is 0 Å². The predicted molar refractivity (Wildman–Crippen MR) is 106 cm³/mol. The highest BCUT2D eigenvalue weighted by atomic mass is 35.5. The monoisotopic (exact) mass is 412 g/mol. The number of benzene rings is 2. The summed E-state index contributed by atoms with van der Waals surface area (Å²) in [7, 11) is -3.66. The number of halogens is 2. The van der Waals surface area contributed by atoms with Gasteiger partial charge in [-0.2, -0.15) is 0 Å². The molecule has 1 N–H and O–H groups in total. The van der Waals surface area contributed by atoms with Gasteiger partial charge in [0.25, 0.3) is 0 Å². The lowest BCUT2D eigenvalue weighted by molar-refractivity contribution is -0.121. The van der Waals surface area contributed by atoms with Gasteiger partial charge >= 0.3 is 0 Å². The zero-order valence-corrected chi connectivity index (χ0v) is 16.7. The predicted octanol–water partition coefficient (Wildman–Crippen LogP) is 3.38. The van der Waals surface area contributed by atoms with Gasteiger partial charge in [0.05, 0.1) is 11.9 Å². The minimum atomic E-state index is -3.66. The molecule has 1 atom stereocenters. The Morgan fingerprint density at radius 2 is 1.74 bits per heavy atom. The Labute approximate surface area is 164 Å². The maximum atomic E-state index is 12.9. The van der Waals surface area contributed by atoms with Crippen LogP contribution in [-0.4, -0.2) is 33.2 Å². The zero-order chi connectivity index (χ0) is 20.0. The van der Waals surface area contributed by atoms with Crippen LogP contribution in [0.15, 0.2) is 48.5 Å². The van der Waals surface area contributed by atoms with Crippen LogP contribution in [0.3, 0.4) is 0 Å². The standard InChI is InChI=1S/C19H22ClFN2O3S/c1-14(23(27(2,25)26)18-11-7-16(20)8-12-18)19(24)22-13-3-4-15-5-9-17(21)10-6-15/h5-12,14H,3-4,13H2,1-2H3,(H,22,24). The quantitative estimate of drug-likeness (QED) is 0.676. The third-order valence-electron chi connectivity index (χ3n) is 4.02. The molecular formula is C19H22ClFN2O3S. The second-order valence-corrected chi connectivity index (χ2v) is 8.53. The molecule has 1 amide bonds. The fourth-order valence-corrected chi connectivity index (χ4v) is 4.00. The van der Waals surface area contributed by atoms with Gasteiger partial charge in [0.15, 0.2) is 0 Å². The maximum absolute atomic E-state index is 12.9. The highest BCUT2D eigenvalue weighted by Gasteiger charge is 2.28. The fraction of sp³-hybridized carbons (Fsp3) is 0.316. The summed E-state index contributed by atoms with van der Waals surface area (Å²) in [6.07, 6.45) is 2.39. The van der Waals surface area contributed by atoms with Crippen LogP contribution in [0.4, 0.5) is 10.1 Å². The Bertz CT molecular complexity index is 871. The van der Waals surface area contributed by atoms with E-state index in [1.165, 1.54) is 19.1 Å². The summed E-state index contributed by atoms with van der Waals surface area (Å²) < 4.78 is 38.3. The summed E-state index contributed by atoms with van der Waals surface area (Å²) in [5, 5.41) is 3.23. The van der Waals surface area contributed by atoms with Crippen molar-refractivity contribution in [2.45, 2.75) is 25.8 Å². The molecule has 0 saturated carbocycles. The van der Waals surface area contributed by atoms with E-state index in [-0.39, 0.29) is 5.82 Å². The van der Waals surface area contributed by atoms with Gasteiger partial charge in [-0.3, -0.25) is 9.10 Å². The summed E-state index contributed by atoms with van der Waals surface area (Å²) in [6, 6.07) is 11.5. The molecule has 0 aliphatic heterocycles. The average molecular weight is 413 g/mol. The molecule has 2 aromatic rings. The summed E-state index contributed by atoms with van der Waals surface area (Å²) in [5.74, 6) is -0.682. The number of hydrogen-bond donors (Lipinski definition) is 1. The van der Waals surface area contributed by atoms with Crippen LogP contribution in [0.2, 0.25) is 5.02 Å². The average Bonchev–Trinajstić information content (AvgIpc) is 2.60. The highest BCUT2D eigenvalue weighted by Crippen LogP contribution is 2.23. The zero-order valence-electron chi connectivity index (χ0n) is 15.2. The maximum Gasteiger partial charge on any atom is 0.243 e. The molecule has 146 valence electrons. The minimum absolute atomic E-state index is 0.288. The number of nitrogens with zero attached hydrogens (tertiary/aromatic N) is 1. The van der Waals surface area contributed by atoms with Crippen LogP contribution >= 0.6 is 11.6 Å². The van der Waals surface area contributed by atoms with E-state index in [9.17, 15) is 17.6 Å². The molecule has 0 spiro atoms. The Morgan fingerprint density at radius 1 is 1.15 bits per heavy atom. The molecule has 1 unspecified atom stereocenters. The molecule has 5 nitrogen and oxygen atoms in total. The van der Waals surface area contributed by atoms with E-state index in [4.69, 9.17) is 11.6 Å². The lowest BCUT2D eigenvalue weighted by Gasteiger charge is -2.28. The van der Waals surface area contributed by atoms with Crippen LogP contribution in [0.1, 0.15) is 18.9 Å². The number of rotatable bonds is 8. The van der Waals surface area contributed by atoms with Crippen LogP contribution in [0.25, 0.3) is 0 Å². The van der Waals surface area contributed by atoms with Crippen LogP contribution in [0.5, 0.6) is 0 Å². The van der Waals surface area contributed by atoms with Crippen molar-refractivity contribution in [2.24, 2.45) is 0 Å². The van der Waals surface area contributed by atoms with Gasteiger partial charge in [-0.15, -0.1) is 0 Å². The third-order valence-corrected chi connectivity index (χ3v) is 5.52. The molecule has 0 heterocycles. The molecule has 0 aliphatic rings. The molecule has 0 radical (unpaired) electrons. The van der Waals surface area contributed by atoms with Gasteiger partial charge in [-0.25, -0.2) is 12.8 Å². The SMILES string of the molecule is CC(C(=O)NCCCc1ccc(F)cc1)N(c1ccc(Cl)cc1)S(C)(=O)=O. The number of aryl methyl sites for hydroxylation is 1. The number of nitrogens with one attached hydrogen (secondary N) is 1. The number of anilines is 1. The van der Waals surface area contributed by atoms with E-state index in [1.54, 1.807) is 36.4 Å². The minimum Gasteiger partial charge on any atom is -0.354 e. The van der Waals surface area contributed by atoms with Crippen molar-refractivity contribution in [3.63, 3.8) is 0 Å². The molecule has 0 saturated heterocycles. The Kier molecular flexibility index (Phi) is 7.21. The Morgan fingerprint density at radius 3 is 2.30 bits per heavy atom. The second kappa shape index (κ2) is 9.19. The smallest absolute Gasteiger partial charge is 0.243 e.